The highest BCUT2D eigenvalue weighted by Gasteiger charge is 2.36. The molecule has 0 spiro atoms. The number of fused-ring (bicyclic) bond motifs is 1. The van der Waals surface area contributed by atoms with Crippen molar-refractivity contribution in [3.8, 4) is 17.2 Å². The minimum absolute atomic E-state index is 0.0969. The third-order valence-electron chi connectivity index (χ3n) is 6.87. The number of ether oxygens (including phenoxy) is 3. The summed E-state index contributed by atoms with van der Waals surface area (Å²) < 4.78 is 17.3. The maximum absolute atomic E-state index is 13.8. The third kappa shape index (κ3) is 5.15. The number of carbonyl (C=O) groups excluding carboxylic acids is 1. The summed E-state index contributed by atoms with van der Waals surface area (Å²) in [6, 6.07) is 21.9. The molecule has 2 aliphatic rings. The lowest BCUT2D eigenvalue weighted by molar-refractivity contribution is -0.116. The van der Waals surface area contributed by atoms with Gasteiger partial charge in [0, 0.05) is 17.7 Å². The van der Waals surface area contributed by atoms with Crippen LogP contribution >= 0.6 is 0 Å². The number of hydrogen-bond acceptors (Lipinski definition) is 6. The number of Topliss-reactive ketones (excluding diaryl/α,β-unsaturated/α-hetero) is 1. The summed E-state index contributed by atoms with van der Waals surface area (Å²) in [7, 11) is 0. The number of benzene rings is 3. The van der Waals surface area contributed by atoms with E-state index in [0.29, 0.717) is 37.7 Å². The molecular formula is C31H34N2O4. The van der Waals surface area contributed by atoms with Crippen LogP contribution in [0.3, 0.4) is 0 Å². The second kappa shape index (κ2) is 11.0. The van der Waals surface area contributed by atoms with Gasteiger partial charge in [-0.3, -0.25) is 4.79 Å². The van der Waals surface area contributed by atoms with Crippen LogP contribution in [-0.2, 0) is 4.79 Å². The van der Waals surface area contributed by atoms with E-state index in [1.165, 1.54) is 0 Å². The SMILES string of the molecule is CCOc1ccc(C2CC(=O)C3=C(C2)Nc2ccccc2NC3c2ccc(OCC)c(OCC)c2)cc1. The van der Waals surface area contributed by atoms with Gasteiger partial charge in [-0.2, -0.15) is 0 Å². The standard InChI is InChI=1S/C31H34N2O4/c1-4-35-23-14-11-20(12-15-23)22-17-26-30(27(34)18-22)31(33-25-10-8-7-9-24(25)32-26)21-13-16-28(36-5-2)29(19-21)37-6-3/h7-16,19,22,31-33H,4-6,17-18H2,1-3H3. The smallest absolute Gasteiger partial charge is 0.163 e. The molecule has 0 bridgehead atoms. The topological polar surface area (TPSA) is 68.8 Å². The summed E-state index contributed by atoms with van der Waals surface area (Å²) in [4.78, 5) is 13.8. The fourth-order valence-electron chi connectivity index (χ4n) is 5.23. The van der Waals surface area contributed by atoms with Crippen molar-refractivity contribution in [2.24, 2.45) is 0 Å². The molecule has 37 heavy (non-hydrogen) atoms. The molecule has 2 N–H and O–H groups in total. The Morgan fingerprint density at radius 2 is 1.43 bits per heavy atom. The molecule has 5 rings (SSSR count). The lowest BCUT2D eigenvalue weighted by atomic mass is 9.78. The Hall–Kier alpha value is -3.93. The van der Waals surface area contributed by atoms with Crippen molar-refractivity contribution in [3.05, 3.63) is 89.1 Å². The quantitative estimate of drug-likeness (QED) is 0.354. The number of rotatable bonds is 8. The first-order chi connectivity index (χ1) is 18.1. The Labute approximate surface area is 218 Å². The molecule has 1 aliphatic heterocycles. The van der Waals surface area contributed by atoms with E-state index in [0.717, 1.165) is 45.9 Å². The van der Waals surface area contributed by atoms with Gasteiger partial charge in [-0.25, -0.2) is 0 Å². The molecule has 1 heterocycles. The fraction of sp³-hybridized carbons (Fsp3) is 0.323. The molecule has 1 aliphatic carbocycles. The summed E-state index contributed by atoms with van der Waals surface area (Å²) in [5.41, 5.74) is 5.78. The van der Waals surface area contributed by atoms with Gasteiger partial charge in [0.15, 0.2) is 17.3 Å². The molecule has 0 saturated carbocycles. The number of nitrogens with one attached hydrogen (secondary N) is 2. The first-order valence-electron chi connectivity index (χ1n) is 13.1. The van der Waals surface area contributed by atoms with Gasteiger partial charge in [0.05, 0.1) is 37.2 Å². The first-order valence-corrected chi connectivity index (χ1v) is 13.1. The van der Waals surface area contributed by atoms with E-state index in [1.807, 2.05) is 75.4 Å². The Kier molecular flexibility index (Phi) is 7.35. The van der Waals surface area contributed by atoms with Gasteiger partial charge in [0.25, 0.3) is 0 Å². The molecule has 0 amide bonds. The minimum Gasteiger partial charge on any atom is -0.494 e. The molecule has 2 unspecified atom stereocenters. The maximum Gasteiger partial charge on any atom is 0.163 e. The number of carbonyl (C=O) groups is 1. The van der Waals surface area contributed by atoms with Crippen LogP contribution in [0.25, 0.3) is 0 Å². The van der Waals surface area contributed by atoms with Crippen LogP contribution in [0, 0.1) is 0 Å². The van der Waals surface area contributed by atoms with Crippen molar-refractivity contribution in [2.45, 2.75) is 45.6 Å². The van der Waals surface area contributed by atoms with E-state index in [4.69, 9.17) is 14.2 Å². The Morgan fingerprint density at radius 1 is 0.757 bits per heavy atom. The average molecular weight is 499 g/mol. The van der Waals surface area contributed by atoms with Gasteiger partial charge in [0.1, 0.15) is 5.75 Å². The number of anilines is 2. The zero-order valence-electron chi connectivity index (χ0n) is 21.7. The summed E-state index contributed by atoms with van der Waals surface area (Å²) in [6.45, 7) is 7.60. The van der Waals surface area contributed by atoms with E-state index >= 15 is 0 Å². The van der Waals surface area contributed by atoms with Gasteiger partial charge in [0.2, 0.25) is 0 Å². The average Bonchev–Trinajstić information content (AvgIpc) is 3.07. The summed E-state index contributed by atoms with van der Waals surface area (Å²) in [6.07, 6.45) is 1.20. The van der Waals surface area contributed by atoms with Gasteiger partial charge < -0.3 is 24.8 Å². The molecule has 0 aromatic heterocycles. The second-order valence-electron chi connectivity index (χ2n) is 9.24. The van der Waals surface area contributed by atoms with Crippen LogP contribution in [-0.4, -0.2) is 25.6 Å². The van der Waals surface area contributed by atoms with Crippen LogP contribution in [0.15, 0.2) is 78.0 Å². The summed E-state index contributed by atoms with van der Waals surface area (Å²) in [5, 5.41) is 7.26. The van der Waals surface area contributed by atoms with Crippen molar-refractivity contribution in [2.75, 3.05) is 30.5 Å². The second-order valence-corrected chi connectivity index (χ2v) is 9.24. The number of hydrogen-bond donors (Lipinski definition) is 2. The van der Waals surface area contributed by atoms with Crippen LogP contribution in [0.1, 0.15) is 56.7 Å². The monoisotopic (exact) mass is 498 g/mol. The van der Waals surface area contributed by atoms with Crippen LogP contribution in [0.2, 0.25) is 0 Å². The van der Waals surface area contributed by atoms with Crippen molar-refractivity contribution in [1.82, 2.24) is 0 Å². The minimum atomic E-state index is -0.310. The van der Waals surface area contributed by atoms with Crippen LogP contribution in [0.4, 0.5) is 11.4 Å². The molecule has 0 saturated heterocycles. The van der Waals surface area contributed by atoms with Crippen molar-refractivity contribution < 1.29 is 19.0 Å². The van der Waals surface area contributed by atoms with E-state index < -0.39 is 0 Å². The highest BCUT2D eigenvalue weighted by Crippen LogP contribution is 2.45. The van der Waals surface area contributed by atoms with Gasteiger partial charge in [-0.15, -0.1) is 0 Å². The number of ketones is 1. The third-order valence-corrected chi connectivity index (χ3v) is 6.87. The van der Waals surface area contributed by atoms with Crippen molar-refractivity contribution >= 4 is 17.2 Å². The van der Waals surface area contributed by atoms with Crippen LogP contribution < -0.4 is 24.8 Å². The lowest BCUT2D eigenvalue weighted by Crippen LogP contribution is -2.27. The number of allylic oxidation sites excluding steroid dienone is 1. The lowest BCUT2D eigenvalue weighted by Gasteiger charge is -2.30. The highest BCUT2D eigenvalue weighted by atomic mass is 16.5. The summed E-state index contributed by atoms with van der Waals surface area (Å²) in [5.74, 6) is 2.48. The first kappa shape index (κ1) is 24.8. The van der Waals surface area contributed by atoms with Crippen LogP contribution in [0.5, 0.6) is 17.2 Å². The molecule has 3 aromatic carbocycles. The Balaban J connectivity index is 1.55. The van der Waals surface area contributed by atoms with E-state index in [9.17, 15) is 4.79 Å². The molecular weight excluding hydrogens is 464 g/mol. The molecule has 6 nitrogen and oxygen atoms in total. The largest absolute Gasteiger partial charge is 0.494 e. The van der Waals surface area contributed by atoms with Gasteiger partial charge >= 0.3 is 0 Å². The van der Waals surface area contributed by atoms with Crippen molar-refractivity contribution in [1.29, 1.82) is 0 Å². The Morgan fingerprint density at radius 3 is 2.16 bits per heavy atom. The molecule has 192 valence electrons. The number of para-hydroxylation sites is 2. The molecule has 6 heteroatoms. The molecule has 0 radical (unpaired) electrons. The maximum atomic E-state index is 13.8. The predicted octanol–water partition coefficient (Wildman–Crippen LogP) is 6.86. The summed E-state index contributed by atoms with van der Waals surface area (Å²) >= 11 is 0. The molecule has 2 atom stereocenters. The molecule has 3 aromatic rings. The normalized spacial score (nSPS) is 18.6. The van der Waals surface area contributed by atoms with E-state index in [2.05, 4.69) is 22.8 Å². The molecule has 0 fully saturated rings. The predicted molar refractivity (Wildman–Crippen MR) is 147 cm³/mol. The zero-order chi connectivity index (χ0) is 25.8. The highest BCUT2D eigenvalue weighted by molar-refractivity contribution is 6.01. The van der Waals surface area contributed by atoms with Gasteiger partial charge in [-0.05, 0) is 80.6 Å². The zero-order valence-corrected chi connectivity index (χ0v) is 21.7. The van der Waals surface area contributed by atoms with E-state index in [-0.39, 0.29) is 17.7 Å². The van der Waals surface area contributed by atoms with Crippen molar-refractivity contribution in [3.63, 3.8) is 0 Å². The fourth-order valence-corrected chi connectivity index (χ4v) is 5.23. The van der Waals surface area contributed by atoms with Gasteiger partial charge in [-0.1, -0.05) is 30.3 Å². The Bertz CT molecular complexity index is 1300. The van der Waals surface area contributed by atoms with E-state index in [1.54, 1.807) is 0 Å².